The Morgan fingerprint density at radius 2 is 1.86 bits per heavy atom. The SMILES string of the molecule is CCn1c(Oc2ccc(F)cc2)nnc1[C@@H](C)NS(=O)(=O)c1ccccc1Br. The maximum atomic E-state index is 13.0. The molecule has 0 radical (unpaired) electrons. The van der Waals surface area contributed by atoms with Gasteiger partial charge in [0.2, 0.25) is 10.0 Å². The zero-order valence-electron chi connectivity index (χ0n) is 15.1. The first-order chi connectivity index (χ1) is 13.3. The lowest BCUT2D eigenvalue weighted by Crippen LogP contribution is -2.29. The van der Waals surface area contributed by atoms with Crippen molar-refractivity contribution in [2.24, 2.45) is 0 Å². The van der Waals surface area contributed by atoms with Crippen molar-refractivity contribution < 1.29 is 17.5 Å². The quantitative estimate of drug-likeness (QED) is 0.565. The van der Waals surface area contributed by atoms with E-state index in [1.165, 1.54) is 30.3 Å². The van der Waals surface area contributed by atoms with Crippen molar-refractivity contribution in [2.75, 3.05) is 0 Å². The third kappa shape index (κ3) is 4.40. The summed E-state index contributed by atoms with van der Waals surface area (Å²) in [5.41, 5.74) is 0. The number of rotatable bonds is 7. The van der Waals surface area contributed by atoms with Gasteiger partial charge in [-0.25, -0.2) is 17.5 Å². The van der Waals surface area contributed by atoms with Gasteiger partial charge in [0.1, 0.15) is 11.6 Å². The third-order valence-corrected chi connectivity index (χ3v) is 6.48. The summed E-state index contributed by atoms with van der Waals surface area (Å²) in [5.74, 6) is 0.423. The molecule has 2 aromatic carbocycles. The minimum atomic E-state index is -3.78. The van der Waals surface area contributed by atoms with E-state index in [1.54, 1.807) is 29.7 Å². The zero-order valence-corrected chi connectivity index (χ0v) is 17.5. The van der Waals surface area contributed by atoms with Crippen molar-refractivity contribution in [1.82, 2.24) is 19.5 Å². The highest BCUT2D eigenvalue weighted by Crippen LogP contribution is 2.26. The summed E-state index contributed by atoms with van der Waals surface area (Å²) in [4.78, 5) is 0.132. The monoisotopic (exact) mass is 468 g/mol. The average Bonchev–Trinajstić information content (AvgIpc) is 3.06. The molecule has 10 heteroatoms. The molecule has 0 aliphatic carbocycles. The number of sulfonamides is 1. The van der Waals surface area contributed by atoms with Gasteiger partial charge in [0.15, 0.2) is 5.82 Å². The number of aromatic nitrogens is 3. The summed E-state index contributed by atoms with van der Waals surface area (Å²) >= 11 is 3.25. The van der Waals surface area contributed by atoms with Crippen LogP contribution in [-0.4, -0.2) is 23.2 Å². The number of ether oxygens (including phenoxy) is 1. The zero-order chi connectivity index (χ0) is 20.3. The molecule has 1 aromatic heterocycles. The van der Waals surface area contributed by atoms with Crippen LogP contribution in [0.25, 0.3) is 0 Å². The molecule has 0 spiro atoms. The molecule has 148 valence electrons. The van der Waals surface area contributed by atoms with Gasteiger partial charge in [0.25, 0.3) is 0 Å². The second-order valence-electron chi connectivity index (χ2n) is 5.91. The molecule has 1 atom stereocenters. The molecule has 7 nitrogen and oxygen atoms in total. The third-order valence-electron chi connectivity index (χ3n) is 3.93. The largest absolute Gasteiger partial charge is 0.424 e. The van der Waals surface area contributed by atoms with Crippen molar-refractivity contribution in [3.63, 3.8) is 0 Å². The van der Waals surface area contributed by atoms with Gasteiger partial charge in [0.05, 0.1) is 10.9 Å². The van der Waals surface area contributed by atoms with Crippen LogP contribution in [0.15, 0.2) is 57.9 Å². The van der Waals surface area contributed by atoms with Crippen LogP contribution in [0.4, 0.5) is 4.39 Å². The van der Waals surface area contributed by atoms with E-state index in [1.807, 2.05) is 6.92 Å². The van der Waals surface area contributed by atoms with Crippen LogP contribution in [0.1, 0.15) is 25.7 Å². The number of nitrogens with zero attached hydrogens (tertiary/aromatic N) is 3. The maximum absolute atomic E-state index is 13.0. The van der Waals surface area contributed by atoms with E-state index >= 15 is 0 Å². The van der Waals surface area contributed by atoms with E-state index in [-0.39, 0.29) is 16.7 Å². The highest BCUT2D eigenvalue weighted by molar-refractivity contribution is 9.10. The Bertz CT molecular complexity index is 1070. The highest BCUT2D eigenvalue weighted by atomic mass is 79.9. The van der Waals surface area contributed by atoms with Gasteiger partial charge in [0, 0.05) is 11.0 Å². The predicted molar refractivity (Wildman–Crippen MR) is 105 cm³/mol. The van der Waals surface area contributed by atoms with Gasteiger partial charge in [-0.2, -0.15) is 0 Å². The van der Waals surface area contributed by atoms with Crippen molar-refractivity contribution in [3.05, 3.63) is 64.6 Å². The number of benzene rings is 2. The molecular weight excluding hydrogens is 451 g/mol. The fourth-order valence-corrected chi connectivity index (χ4v) is 4.82. The second-order valence-corrected chi connectivity index (χ2v) is 8.45. The van der Waals surface area contributed by atoms with Gasteiger partial charge in [-0.1, -0.05) is 17.2 Å². The summed E-state index contributed by atoms with van der Waals surface area (Å²) < 4.78 is 48.8. The number of hydrogen-bond acceptors (Lipinski definition) is 5. The van der Waals surface area contributed by atoms with E-state index in [9.17, 15) is 12.8 Å². The highest BCUT2D eigenvalue weighted by Gasteiger charge is 2.25. The average molecular weight is 469 g/mol. The van der Waals surface area contributed by atoms with E-state index in [0.29, 0.717) is 22.6 Å². The Morgan fingerprint density at radius 1 is 1.18 bits per heavy atom. The molecule has 0 amide bonds. The molecule has 0 saturated carbocycles. The van der Waals surface area contributed by atoms with Gasteiger partial charge < -0.3 is 4.74 Å². The Hall–Kier alpha value is -2.30. The van der Waals surface area contributed by atoms with Crippen molar-refractivity contribution in [2.45, 2.75) is 31.3 Å². The normalized spacial score (nSPS) is 12.7. The summed E-state index contributed by atoms with van der Waals surface area (Å²) in [6.45, 7) is 3.99. The standard InChI is InChI=1S/C18H18BrFN4O3S/c1-3-24-17(21-22-18(24)27-14-10-8-13(20)9-11-14)12(2)23-28(25,26)16-7-5-4-6-15(16)19/h4-12,23H,3H2,1-2H3/t12-/m1/s1. The molecule has 0 saturated heterocycles. The van der Waals surface area contributed by atoms with E-state index in [4.69, 9.17) is 4.74 Å². The van der Waals surface area contributed by atoms with E-state index in [2.05, 4.69) is 30.8 Å². The maximum Gasteiger partial charge on any atom is 0.322 e. The van der Waals surface area contributed by atoms with Crippen LogP contribution in [0.3, 0.4) is 0 Å². The fourth-order valence-electron chi connectivity index (χ4n) is 2.61. The minimum absolute atomic E-state index is 0.132. The molecule has 3 aromatic rings. The minimum Gasteiger partial charge on any atom is -0.424 e. The Kier molecular flexibility index (Phi) is 6.11. The predicted octanol–water partition coefficient (Wildman–Crippen LogP) is 4.03. The van der Waals surface area contributed by atoms with Gasteiger partial charge in [-0.3, -0.25) is 4.57 Å². The fraction of sp³-hybridized carbons (Fsp3) is 0.222. The van der Waals surface area contributed by atoms with Gasteiger partial charge >= 0.3 is 6.01 Å². The molecule has 28 heavy (non-hydrogen) atoms. The Labute approximate surface area is 170 Å². The molecule has 0 aliphatic heterocycles. The molecule has 3 rings (SSSR count). The number of hydrogen-bond donors (Lipinski definition) is 1. The number of nitrogens with one attached hydrogen (secondary N) is 1. The lowest BCUT2D eigenvalue weighted by molar-refractivity contribution is 0.407. The Morgan fingerprint density at radius 3 is 2.50 bits per heavy atom. The molecule has 0 fully saturated rings. The van der Waals surface area contributed by atoms with Gasteiger partial charge in [-0.15, -0.1) is 5.10 Å². The lowest BCUT2D eigenvalue weighted by atomic mass is 10.3. The van der Waals surface area contributed by atoms with E-state index < -0.39 is 16.1 Å². The molecule has 1 N–H and O–H groups in total. The van der Waals surface area contributed by atoms with Crippen LogP contribution < -0.4 is 9.46 Å². The summed E-state index contributed by atoms with van der Waals surface area (Å²) in [6.07, 6.45) is 0. The molecule has 1 heterocycles. The molecule has 0 aliphatic rings. The summed E-state index contributed by atoms with van der Waals surface area (Å²) in [5, 5.41) is 8.08. The summed E-state index contributed by atoms with van der Waals surface area (Å²) in [7, 11) is -3.78. The van der Waals surface area contributed by atoms with E-state index in [0.717, 1.165) is 0 Å². The molecule has 0 unspecified atom stereocenters. The first-order valence-electron chi connectivity index (χ1n) is 8.45. The first-order valence-corrected chi connectivity index (χ1v) is 10.7. The number of halogens is 2. The van der Waals surface area contributed by atoms with Crippen LogP contribution in [0.2, 0.25) is 0 Å². The second kappa shape index (κ2) is 8.38. The van der Waals surface area contributed by atoms with Crippen LogP contribution >= 0.6 is 15.9 Å². The van der Waals surface area contributed by atoms with Crippen LogP contribution in [0, 0.1) is 5.82 Å². The van der Waals surface area contributed by atoms with Crippen LogP contribution in [-0.2, 0) is 16.6 Å². The molecular formula is C18H18BrFN4O3S. The topological polar surface area (TPSA) is 86.1 Å². The molecule has 0 bridgehead atoms. The van der Waals surface area contributed by atoms with Crippen molar-refractivity contribution in [3.8, 4) is 11.8 Å². The van der Waals surface area contributed by atoms with Crippen molar-refractivity contribution in [1.29, 1.82) is 0 Å². The first kappa shape index (κ1) is 20.4. The smallest absolute Gasteiger partial charge is 0.322 e. The van der Waals surface area contributed by atoms with Crippen LogP contribution in [0.5, 0.6) is 11.8 Å². The Balaban J connectivity index is 1.84. The van der Waals surface area contributed by atoms with Gasteiger partial charge in [-0.05, 0) is 66.2 Å². The lowest BCUT2D eigenvalue weighted by Gasteiger charge is -2.16. The summed E-state index contributed by atoms with van der Waals surface area (Å²) in [6, 6.07) is 11.6. The van der Waals surface area contributed by atoms with Crippen molar-refractivity contribution >= 4 is 26.0 Å².